The van der Waals surface area contributed by atoms with E-state index in [0.29, 0.717) is 30.3 Å². The van der Waals surface area contributed by atoms with Gasteiger partial charge in [0.05, 0.1) is 10.2 Å². The van der Waals surface area contributed by atoms with E-state index in [-0.39, 0.29) is 5.57 Å². The van der Waals surface area contributed by atoms with Crippen molar-refractivity contribution in [3.8, 4) is 17.6 Å². The molecule has 0 aliphatic heterocycles. The van der Waals surface area contributed by atoms with Crippen molar-refractivity contribution in [1.82, 2.24) is 0 Å². The molecule has 0 radical (unpaired) electrons. The van der Waals surface area contributed by atoms with Crippen LogP contribution in [0.3, 0.4) is 0 Å². The summed E-state index contributed by atoms with van der Waals surface area (Å²) in [6, 6.07) is 15.2. The van der Waals surface area contributed by atoms with E-state index < -0.39 is 5.91 Å². The van der Waals surface area contributed by atoms with Crippen molar-refractivity contribution in [2.75, 3.05) is 6.61 Å². The first-order valence-electron chi connectivity index (χ1n) is 7.59. The van der Waals surface area contributed by atoms with Crippen LogP contribution in [0.1, 0.15) is 18.1 Å². The highest BCUT2D eigenvalue weighted by molar-refractivity contribution is 14.1. The van der Waals surface area contributed by atoms with Crippen molar-refractivity contribution in [3.63, 3.8) is 0 Å². The molecule has 0 fully saturated rings. The maximum absolute atomic E-state index is 11.2. The topological polar surface area (TPSA) is 85.3 Å². The van der Waals surface area contributed by atoms with Crippen molar-refractivity contribution in [1.29, 1.82) is 5.26 Å². The molecule has 25 heavy (non-hydrogen) atoms. The number of ether oxygens (including phenoxy) is 2. The molecule has 0 spiro atoms. The lowest BCUT2D eigenvalue weighted by Crippen LogP contribution is -2.12. The minimum absolute atomic E-state index is 0.115. The lowest BCUT2D eigenvalue weighted by Gasteiger charge is -2.15. The van der Waals surface area contributed by atoms with Crippen LogP contribution in [0.4, 0.5) is 0 Å². The van der Waals surface area contributed by atoms with E-state index in [1.165, 1.54) is 6.08 Å². The van der Waals surface area contributed by atoms with E-state index in [4.69, 9.17) is 20.5 Å². The fourth-order valence-electron chi connectivity index (χ4n) is 2.13. The van der Waals surface area contributed by atoms with Crippen LogP contribution in [0.5, 0.6) is 11.5 Å². The van der Waals surface area contributed by atoms with E-state index in [1.54, 1.807) is 12.1 Å². The second-order valence-corrected chi connectivity index (χ2v) is 6.23. The van der Waals surface area contributed by atoms with Crippen LogP contribution in [0.25, 0.3) is 6.08 Å². The van der Waals surface area contributed by atoms with E-state index in [1.807, 2.05) is 43.3 Å². The Morgan fingerprint density at radius 2 is 2.00 bits per heavy atom. The summed E-state index contributed by atoms with van der Waals surface area (Å²) in [4.78, 5) is 11.2. The Morgan fingerprint density at radius 3 is 2.60 bits per heavy atom. The second-order valence-electron chi connectivity index (χ2n) is 5.07. The zero-order chi connectivity index (χ0) is 18.2. The van der Waals surface area contributed by atoms with Gasteiger partial charge in [0.1, 0.15) is 18.2 Å². The van der Waals surface area contributed by atoms with Gasteiger partial charge in [0.25, 0.3) is 5.91 Å². The molecule has 128 valence electrons. The number of halogens is 1. The number of carbonyl (C=O) groups excluding carboxylic acids is 1. The first-order valence-corrected chi connectivity index (χ1v) is 8.67. The summed E-state index contributed by atoms with van der Waals surface area (Å²) in [5.41, 5.74) is 6.76. The first-order chi connectivity index (χ1) is 12.0. The molecular weight excluding hydrogens is 431 g/mol. The average Bonchev–Trinajstić information content (AvgIpc) is 2.60. The number of benzene rings is 2. The lowest BCUT2D eigenvalue weighted by molar-refractivity contribution is -0.114. The predicted molar refractivity (Wildman–Crippen MR) is 104 cm³/mol. The van der Waals surface area contributed by atoms with Crippen molar-refractivity contribution >= 4 is 34.6 Å². The highest BCUT2D eigenvalue weighted by atomic mass is 127. The molecule has 0 saturated heterocycles. The minimum Gasteiger partial charge on any atom is -0.490 e. The molecule has 0 bridgehead atoms. The molecule has 2 rings (SSSR count). The summed E-state index contributed by atoms with van der Waals surface area (Å²) in [6.45, 7) is 2.75. The van der Waals surface area contributed by atoms with Crippen molar-refractivity contribution < 1.29 is 14.3 Å². The molecule has 2 aromatic carbocycles. The number of nitrogens with zero attached hydrogens (tertiary/aromatic N) is 1. The van der Waals surface area contributed by atoms with Gasteiger partial charge in [-0.3, -0.25) is 4.79 Å². The number of amides is 1. The standard InChI is InChI=1S/C19H17IN2O3/c1-2-24-17-10-14(8-15(11-21)19(22)23)9-16(20)18(17)25-12-13-6-4-3-5-7-13/h3-10H,2,12H2,1H3,(H2,22,23). The molecule has 0 saturated carbocycles. The monoisotopic (exact) mass is 448 g/mol. The van der Waals surface area contributed by atoms with Crippen molar-refractivity contribution in [3.05, 3.63) is 62.7 Å². The van der Waals surface area contributed by atoms with Gasteiger partial charge in [-0.1, -0.05) is 30.3 Å². The fraction of sp³-hybridized carbons (Fsp3) is 0.158. The highest BCUT2D eigenvalue weighted by Crippen LogP contribution is 2.35. The smallest absolute Gasteiger partial charge is 0.259 e. The van der Waals surface area contributed by atoms with Crippen LogP contribution in [0.2, 0.25) is 0 Å². The molecule has 0 atom stereocenters. The van der Waals surface area contributed by atoms with Gasteiger partial charge >= 0.3 is 0 Å². The van der Waals surface area contributed by atoms with Gasteiger partial charge in [-0.15, -0.1) is 0 Å². The number of rotatable bonds is 7. The zero-order valence-corrected chi connectivity index (χ0v) is 15.8. The zero-order valence-electron chi connectivity index (χ0n) is 13.7. The van der Waals surface area contributed by atoms with Gasteiger partial charge in [-0.2, -0.15) is 5.26 Å². The molecule has 0 heterocycles. The number of nitriles is 1. The number of hydrogen-bond acceptors (Lipinski definition) is 4. The van der Waals surface area contributed by atoms with Crippen LogP contribution in [0, 0.1) is 14.9 Å². The first kappa shape index (κ1) is 18.8. The van der Waals surface area contributed by atoms with Crippen LogP contribution in [-0.4, -0.2) is 12.5 Å². The van der Waals surface area contributed by atoms with Gasteiger partial charge in [0.15, 0.2) is 11.5 Å². The Balaban J connectivity index is 2.34. The Labute approximate surface area is 160 Å². The largest absolute Gasteiger partial charge is 0.490 e. The fourth-order valence-corrected chi connectivity index (χ4v) is 2.91. The second kappa shape index (κ2) is 9.08. The summed E-state index contributed by atoms with van der Waals surface area (Å²) < 4.78 is 12.4. The quantitative estimate of drug-likeness (QED) is 0.398. The normalized spacial score (nSPS) is 10.8. The molecule has 0 unspecified atom stereocenters. The summed E-state index contributed by atoms with van der Waals surface area (Å²) in [5, 5.41) is 8.99. The van der Waals surface area contributed by atoms with E-state index >= 15 is 0 Å². The molecule has 0 aliphatic carbocycles. The summed E-state index contributed by atoms with van der Waals surface area (Å²) in [5.74, 6) is 0.416. The van der Waals surface area contributed by atoms with Crippen molar-refractivity contribution in [2.24, 2.45) is 5.73 Å². The third-order valence-electron chi connectivity index (χ3n) is 3.25. The van der Waals surface area contributed by atoms with E-state index in [2.05, 4.69) is 22.6 Å². The molecular formula is C19H17IN2O3. The summed E-state index contributed by atoms with van der Waals surface area (Å²) >= 11 is 2.14. The molecule has 6 heteroatoms. The number of carbonyl (C=O) groups is 1. The molecule has 2 N–H and O–H groups in total. The molecule has 5 nitrogen and oxygen atoms in total. The number of primary amides is 1. The van der Waals surface area contributed by atoms with E-state index in [0.717, 1.165) is 9.13 Å². The third-order valence-corrected chi connectivity index (χ3v) is 4.06. The van der Waals surface area contributed by atoms with Gasteiger partial charge < -0.3 is 15.2 Å². The van der Waals surface area contributed by atoms with Gasteiger partial charge in [0, 0.05) is 0 Å². The maximum Gasteiger partial charge on any atom is 0.259 e. The predicted octanol–water partition coefficient (Wildman–Crippen LogP) is 3.66. The Hall–Kier alpha value is -2.53. The van der Waals surface area contributed by atoms with Gasteiger partial charge in [0.2, 0.25) is 0 Å². The number of nitrogens with two attached hydrogens (primary N) is 1. The third kappa shape index (κ3) is 5.22. The minimum atomic E-state index is -0.764. The van der Waals surface area contributed by atoms with Crippen LogP contribution in [0.15, 0.2) is 48.0 Å². The van der Waals surface area contributed by atoms with Crippen LogP contribution < -0.4 is 15.2 Å². The molecule has 1 amide bonds. The van der Waals surface area contributed by atoms with Gasteiger partial charge in [-0.05, 0) is 58.9 Å². The number of hydrogen-bond donors (Lipinski definition) is 1. The molecule has 0 aromatic heterocycles. The lowest BCUT2D eigenvalue weighted by atomic mass is 10.1. The average molecular weight is 448 g/mol. The Morgan fingerprint density at radius 1 is 1.28 bits per heavy atom. The maximum atomic E-state index is 11.2. The highest BCUT2D eigenvalue weighted by Gasteiger charge is 2.13. The Bertz CT molecular complexity index is 827. The van der Waals surface area contributed by atoms with Crippen LogP contribution in [-0.2, 0) is 11.4 Å². The molecule has 2 aromatic rings. The van der Waals surface area contributed by atoms with E-state index in [9.17, 15) is 4.79 Å². The molecule has 0 aliphatic rings. The van der Waals surface area contributed by atoms with Gasteiger partial charge in [-0.25, -0.2) is 0 Å². The van der Waals surface area contributed by atoms with Crippen molar-refractivity contribution in [2.45, 2.75) is 13.5 Å². The summed E-state index contributed by atoms with van der Waals surface area (Å²) in [6.07, 6.45) is 1.44. The summed E-state index contributed by atoms with van der Waals surface area (Å²) in [7, 11) is 0. The van der Waals surface area contributed by atoms with Crippen LogP contribution >= 0.6 is 22.6 Å². The Kier molecular flexibility index (Phi) is 6.83. The SMILES string of the molecule is CCOc1cc(C=C(C#N)C(N)=O)cc(I)c1OCc1ccccc1.